The lowest BCUT2D eigenvalue weighted by atomic mass is 9.78. The van der Waals surface area contributed by atoms with Gasteiger partial charge in [0, 0.05) is 44.5 Å². The highest BCUT2D eigenvalue weighted by Crippen LogP contribution is 2.49. The Morgan fingerprint density at radius 1 is 0.980 bits per heavy atom. The highest BCUT2D eigenvalue weighted by Gasteiger charge is 2.52. The molecule has 8 heteroatoms. The van der Waals surface area contributed by atoms with E-state index in [1.54, 1.807) is 11.9 Å². The number of fused-ring (bicyclic) bond motifs is 1. The van der Waals surface area contributed by atoms with Crippen molar-refractivity contribution >= 4 is 36.8 Å². The quantitative estimate of drug-likeness (QED) is 0.222. The van der Waals surface area contributed by atoms with Crippen LogP contribution in [0, 0.1) is 0 Å². The predicted octanol–water partition coefficient (Wildman–Crippen LogP) is 8.85. The summed E-state index contributed by atoms with van der Waals surface area (Å²) in [7, 11) is -0.485. The number of hydrogen-bond acceptors (Lipinski definition) is 5. The summed E-state index contributed by atoms with van der Waals surface area (Å²) in [6.45, 7) is 21.2. The molecule has 2 amide bonds. The molecule has 7 nitrogen and oxygen atoms in total. The van der Waals surface area contributed by atoms with Crippen molar-refractivity contribution in [2.45, 2.75) is 121 Å². The zero-order valence-corrected chi connectivity index (χ0v) is 32.4. The van der Waals surface area contributed by atoms with Crippen LogP contribution in [-0.2, 0) is 25.8 Å². The first kappa shape index (κ1) is 35.6. The predicted molar refractivity (Wildman–Crippen MR) is 202 cm³/mol. The first-order valence-corrected chi connectivity index (χ1v) is 21.1. The number of likely N-dealkylation sites (N-methyl/N-ethyl adjacent to an activating group) is 1. The highest BCUT2D eigenvalue weighted by molar-refractivity contribution is 6.74. The number of piperidine rings is 1. The van der Waals surface area contributed by atoms with Crippen LogP contribution in [0.1, 0.15) is 90.5 Å². The van der Waals surface area contributed by atoms with Crippen molar-refractivity contribution in [3.8, 4) is 0 Å². The first-order chi connectivity index (χ1) is 22.9. The highest BCUT2D eigenvalue weighted by atomic mass is 28.4. The molecule has 49 heavy (non-hydrogen) atoms. The number of amides is 2. The SMILES string of the molecule is CN(CC(CC1(C)C(=O)N(C2CCN(C3Cc4cccc5cccc3c45)CC2)c2ccccc21)O[Si](C)(C)C(C)(C)C)C(=O)OC(C)(C)C. The third-order valence-corrected chi connectivity index (χ3v) is 16.2. The van der Waals surface area contributed by atoms with E-state index in [1.807, 2.05) is 26.8 Å². The molecule has 0 aromatic heterocycles. The molecule has 0 saturated carbocycles. The number of para-hydroxylation sites is 1. The maximum Gasteiger partial charge on any atom is 0.410 e. The molecule has 6 rings (SSSR count). The van der Waals surface area contributed by atoms with E-state index in [4.69, 9.17) is 9.16 Å². The molecular weight excluding hydrogens is 627 g/mol. The lowest BCUT2D eigenvalue weighted by Gasteiger charge is -2.42. The van der Waals surface area contributed by atoms with Crippen LogP contribution >= 0.6 is 0 Å². The average molecular weight is 684 g/mol. The second-order valence-corrected chi connectivity index (χ2v) is 22.2. The Balaban J connectivity index is 1.22. The zero-order valence-electron chi connectivity index (χ0n) is 31.4. The number of carbonyl (C=O) groups excluding carboxylic acids is 2. The maximum atomic E-state index is 14.9. The van der Waals surface area contributed by atoms with E-state index in [-0.39, 0.29) is 29.2 Å². The Hall–Kier alpha value is -3.20. The zero-order chi connectivity index (χ0) is 35.5. The van der Waals surface area contributed by atoms with Gasteiger partial charge in [0.25, 0.3) is 0 Å². The van der Waals surface area contributed by atoms with Gasteiger partial charge in [-0.25, -0.2) is 4.79 Å². The largest absolute Gasteiger partial charge is 0.444 e. The first-order valence-electron chi connectivity index (χ1n) is 18.2. The third kappa shape index (κ3) is 6.81. The second kappa shape index (κ2) is 12.8. The van der Waals surface area contributed by atoms with Crippen LogP contribution in [0.2, 0.25) is 18.1 Å². The Morgan fingerprint density at radius 2 is 1.63 bits per heavy atom. The smallest absolute Gasteiger partial charge is 0.410 e. The molecule has 3 aliphatic rings. The van der Waals surface area contributed by atoms with Gasteiger partial charge in [-0.15, -0.1) is 0 Å². The summed E-state index contributed by atoms with van der Waals surface area (Å²) in [4.78, 5) is 34.4. The normalized spacial score (nSPS) is 22.4. The number of carbonyl (C=O) groups is 2. The van der Waals surface area contributed by atoms with Gasteiger partial charge < -0.3 is 19.0 Å². The molecule has 0 N–H and O–H groups in total. The van der Waals surface area contributed by atoms with Crippen molar-refractivity contribution in [2.24, 2.45) is 0 Å². The molecule has 3 aromatic rings. The van der Waals surface area contributed by atoms with Crippen molar-refractivity contribution in [2.75, 3.05) is 31.6 Å². The van der Waals surface area contributed by atoms with Gasteiger partial charge in [-0.3, -0.25) is 9.69 Å². The fraction of sp³-hybridized carbons (Fsp3) is 0.561. The molecule has 2 heterocycles. The number of anilines is 1. The number of likely N-dealkylation sites (tertiary alicyclic amines) is 1. The molecule has 3 atom stereocenters. The van der Waals surface area contributed by atoms with E-state index in [0.29, 0.717) is 19.0 Å². The van der Waals surface area contributed by atoms with E-state index in [2.05, 4.69) is 105 Å². The van der Waals surface area contributed by atoms with E-state index < -0.39 is 19.3 Å². The van der Waals surface area contributed by atoms with Gasteiger partial charge in [0.05, 0.1) is 11.5 Å². The molecular formula is C41H57N3O4Si. The standard InChI is InChI=1S/C41H57N3O4Si/c1-39(2,3)47-38(46)42(8)27-31(48-49(9,10)40(4,5)6)26-41(7)33-19-11-12-20-34(33)44(37(41)45)30-21-23-43(24-22-30)35-25-29-17-13-15-28-16-14-18-32(35)36(28)29/h11-20,30-31,35H,21-27H2,1-10H3. The minimum Gasteiger partial charge on any atom is -0.444 e. The summed E-state index contributed by atoms with van der Waals surface area (Å²) in [6.07, 6.45) is 2.69. The van der Waals surface area contributed by atoms with Gasteiger partial charge in [0.2, 0.25) is 5.91 Å². The van der Waals surface area contributed by atoms with Crippen molar-refractivity contribution in [1.82, 2.24) is 9.80 Å². The summed E-state index contributed by atoms with van der Waals surface area (Å²) in [5.74, 6) is 0.147. The molecule has 0 bridgehead atoms. The molecule has 3 aromatic carbocycles. The molecule has 1 saturated heterocycles. The minimum absolute atomic E-state index is 0.0273. The number of hydrogen-bond donors (Lipinski definition) is 0. The van der Waals surface area contributed by atoms with Crippen molar-refractivity contribution in [3.05, 3.63) is 77.4 Å². The van der Waals surface area contributed by atoms with Gasteiger partial charge in [-0.2, -0.15) is 0 Å². The van der Waals surface area contributed by atoms with Gasteiger partial charge >= 0.3 is 6.09 Å². The fourth-order valence-electron chi connectivity index (χ4n) is 8.11. The van der Waals surface area contributed by atoms with E-state index >= 15 is 0 Å². The molecule has 0 spiro atoms. The minimum atomic E-state index is -2.25. The summed E-state index contributed by atoms with van der Waals surface area (Å²) in [6, 6.07) is 22.3. The van der Waals surface area contributed by atoms with Crippen LogP contribution in [0.4, 0.5) is 10.5 Å². The van der Waals surface area contributed by atoms with Crippen LogP contribution in [0.5, 0.6) is 0 Å². The molecule has 3 unspecified atom stereocenters. The summed E-state index contributed by atoms with van der Waals surface area (Å²) in [5, 5.41) is 2.74. The molecule has 1 fully saturated rings. The Kier molecular flexibility index (Phi) is 9.34. The van der Waals surface area contributed by atoms with Crippen LogP contribution in [0.3, 0.4) is 0 Å². The summed E-state index contributed by atoms with van der Waals surface area (Å²) >= 11 is 0. The van der Waals surface area contributed by atoms with Gasteiger partial charge in [0.1, 0.15) is 5.60 Å². The Bertz CT molecular complexity index is 1710. The third-order valence-electron chi connectivity index (χ3n) is 11.6. The topological polar surface area (TPSA) is 62.3 Å². The summed E-state index contributed by atoms with van der Waals surface area (Å²) in [5.41, 5.74) is 3.61. The number of rotatable bonds is 8. The number of ether oxygens (including phenoxy) is 1. The second-order valence-electron chi connectivity index (χ2n) is 17.4. The van der Waals surface area contributed by atoms with E-state index in [0.717, 1.165) is 43.6 Å². The maximum absolute atomic E-state index is 14.9. The van der Waals surface area contributed by atoms with E-state index in [9.17, 15) is 9.59 Å². The Morgan fingerprint density at radius 3 is 2.29 bits per heavy atom. The van der Waals surface area contributed by atoms with Crippen molar-refractivity contribution < 1.29 is 18.8 Å². The monoisotopic (exact) mass is 683 g/mol. The fourth-order valence-corrected chi connectivity index (χ4v) is 9.45. The van der Waals surface area contributed by atoms with Crippen molar-refractivity contribution in [1.29, 1.82) is 0 Å². The number of benzene rings is 3. The molecule has 1 aliphatic carbocycles. The molecule has 264 valence electrons. The van der Waals surface area contributed by atoms with Crippen LogP contribution in [0.25, 0.3) is 10.8 Å². The average Bonchev–Trinajstić information content (AvgIpc) is 3.50. The Labute approximate surface area is 295 Å². The van der Waals surface area contributed by atoms with Crippen LogP contribution < -0.4 is 4.90 Å². The van der Waals surface area contributed by atoms with Crippen LogP contribution in [0.15, 0.2) is 60.7 Å². The van der Waals surface area contributed by atoms with Gasteiger partial charge in [0.15, 0.2) is 8.32 Å². The van der Waals surface area contributed by atoms with Gasteiger partial charge in [-0.05, 0) is 105 Å². The molecule has 2 aliphatic heterocycles. The summed E-state index contributed by atoms with van der Waals surface area (Å²) < 4.78 is 12.8. The lowest BCUT2D eigenvalue weighted by molar-refractivity contribution is -0.124. The lowest BCUT2D eigenvalue weighted by Crippen LogP contribution is -2.52. The van der Waals surface area contributed by atoms with E-state index in [1.165, 1.54) is 21.9 Å². The van der Waals surface area contributed by atoms with Crippen molar-refractivity contribution in [3.63, 3.8) is 0 Å². The van der Waals surface area contributed by atoms with Gasteiger partial charge in [-0.1, -0.05) is 75.4 Å². The molecule has 0 radical (unpaired) electrons. The van der Waals surface area contributed by atoms with Crippen LogP contribution in [-0.4, -0.2) is 74.5 Å². The number of nitrogens with zero attached hydrogens (tertiary/aromatic N) is 3.